The third-order valence-corrected chi connectivity index (χ3v) is 4.20. The first kappa shape index (κ1) is 21.5. The molecular formula is C21H14F3N3O4. The second-order valence-electron chi connectivity index (χ2n) is 6.34. The molecule has 0 bridgehead atoms. The maximum absolute atomic E-state index is 12.8. The van der Waals surface area contributed by atoms with Gasteiger partial charge in [-0.2, -0.15) is 13.2 Å². The van der Waals surface area contributed by atoms with Gasteiger partial charge in [0.1, 0.15) is 5.56 Å². The molecule has 2 N–H and O–H groups in total. The summed E-state index contributed by atoms with van der Waals surface area (Å²) in [4.78, 5) is 35.0. The Labute approximate surface area is 173 Å². The van der Waals surface area contributed by atoms with Crippen LogP contribution in [-0.4, -0.2) is 16.7 Å². The quantitative estimate of drug-likeness (QED) is 0.434. The van der Waals surface area contributed by atoms with Gasteiger partial charge < -0.3 is 10.6 Å². The highest BCUT2D eigenvalue weighted by molar-refractivity contribution is 6.08. The number of anilines is 2. The van der Waals surface area contributed by atoms with E-state index in [-0.39, 0.29) is 28.2 Å². The van der Waals surface area contributed by atoms with Gasteiger partial charge in [0.05, 0.1) is 10.5 Å². The molecule has 0 atom stereocenters. The van der Waals surface area contributed by atoms with Crippen molar-refractivity contribution in [2.24, 2.45) is 0 Å². The van der Waals surface area contributed by atoms with E-state index < -0.39 is 28.5 Å². The average Bonchev–Trinajstić information content (AvgIpc) is 2.73. The highest BCUT2D eigenvalue weighted by atomic mass is 19.4. The van der Waals surface area contributed by atoms with Gasteiger partial charge in [0.2, 0.25) is 0 Å². The molecule has 0 aliphatic rings. The molecule has 0 aliphatic heterocycles. The Hall–Kier alpha value is -4.21. The van der Waals surface area contributed by atoms with Crippen LogP contribution in [0.2, 0.25) is 0 Å². The molecule has 158 valence electrons. The highest BCUT2D eigenvalue weighted by Gasteiger charge is 2.30. The maximum atomic E-state index is 12.8. The predicted octanol–water partition coefficient (Wildman–Crippen LogP) is 5.12. The monoisotopic (exact) mass is 429 g/mol. The molecule has 7 nitrogen and oxygen atoms in total. The minimum atomic E-state index is -4.53. The lowest BCUT2D eigenvalue weighted by molar-refractivity contribution is -0.385. The zero-order valence-electron chi connectivity index (χ0n) is 15.6. The number of hydrogen-bond acceptors (Lipinski definition) is 4. The van der Waals surface area contributed by atoms with Gasteiger partial charge in [-0.25, -0.2) is 0 Å². The number of halogens is 3. The molecule has 0 radical (unpaired) electrons. The molecule has 10 heteroatoms. The van der Waals surface area contributed by atoms with E-state index >= 15 is 0 Å². The van der Waals surface area contributed by atoms with Crippen molar-refractivity contribution in [1.29, 1.82) is 0 Å². The fourth-order valence-corrected chi connectivity index (χ4v) is 2.70. The minimum Gasteiger partial charge on any atom is -0.322 e. The summed E-state index contributed by atoms with van der Waals surface area (Å²) in [5, 5.41) is 15.9. The van der Waals surface area contributed by atoms with E-state index in [0.29, 0.717) is 0 Å². The normalized spacial score (nSPS) is 10.9. The number of nitrogens with zero attached hydrogens (tertiary/aromatic N) is 1. The Morgan fingerprint density at radius 3 is 2.10 bits per heavy atom. The Morgan fingerprint density at radius 1 is 0.806 bits per heavy atom. The highest BCUT2D eigenvalue weighted by Crippen LogP contribution is 2.30. The number of rotatable bonds is 5. The standard InChI is InChI=1S/C21H14F3N3O4/c22-21(23,24)14-4-3-5-16(12-14)26-19(28)13-8-10-15(11-9-13)25-20(29)17-6-1-2-7-18(17)27(30)31/h1-12H,(H,25,29)(H,26,28). The second-order valence-corrected chi connectivity index (χ2v) is 6.34. The van der Waals surface area contributed by atoms with Gasteiger partial charge in [-0.15, -0.1) is 0 Å². The first-order chi connectivity index (χ1) is 14.6. The Morgan fingerprint density at radius 2 is 1.45 bits per heavy atom. The summed E-state index contributed by atoms with van der Waals surface area (Å²) in [6.07, 6.45) is -4.53. The lowest BCUT2D eigenvalue weighted by atomic mass is 10.1. The second kappa shape index (κ2) is 8.66. The molecule has 0 aromatic heterocycles. The van der Waals surface area contributed by atoms with Gasteiger partial charge >= 0.3 is 6.18 Å². The van der Waals surface area contributed by atoms with Gasteiger partial charge in [0.15, 0.2) is 0 Å². The van der Waals surface area contributed by atoms with Crippen molar-refractivity contribution >= 4 is 28.9 Å². The Bertz CT molecular complexity index is 1150. The summed E-state index contributed by atoms with van der Waals surface area (Å²) in [6, 6.07) is 15.2. The summed E-state index contributed by atoms with van der Waals surface area (Å²) in [5.41, 5.74) is -0.970. The van der Waals surface area contributed by atoms with E-state index in [0.717, 1.165) is 12.1 Å². The summed E-state index contributed by atoms with van der Waals surface area (Å²) in [7, 11) is 0. The lowest BCUT2D eigenvalue weighted by Gasteiger charge is -2.10. The Kier molecular flexibility index (Phi) is 6.00. The molecule has 0 spiro atoms. The van der Waals surface area contributed by atoms with Crippen molar-refractivity contribution in [1.82, 2.24) is 0 Å². The first-order valence-electron chi connectivity index (χ1n) is 8.78. The van der Waals surface area contributed by atoms with E-state index in [2.05, 4.69) is 10.6 Å². The van der Waals surface area contributed by atoms with Crippen LogP contribution in [0, 0.1) is 10.1 Å². The van der Waals surface area contributed by atoms with Gasteiger partial charge in [-0.3, -0.25) is 19.7 Å². The predicted molar refractivity (Wildman–Crippen MR) is 107 cm³/mol. The molecule has 31 heavy (non-hydrogen) atoms. The summed E-state index contributed by atoms with van der Waals surface area (Å²) >= 11 is 0. The molecule has 2 amide bonds. The molecule has 0 saturated heterocycles. The van der Waals surface area contributed by atoms with Crippen LogP contribution in [-0.2, 0) is 6.18 Å². The molecule has 0 heterocycles. The van der Waals surface area contributed by atoms with Crippen molar-refractivity contribution < 1.29 is 27.7 Å². The number of alkyl halides is 3. The average molecular weight is 429 g/mol. The van der Waals surface area contributed by atoms with Gasteiger partial charge in [-0.1, -0.05) is 18.2 Å². The summed E-state index contributed by atoms with van der Waals surface area (Å²) < 4.78 is 38.4. The number of nitro benzene ring substituents is 1. The molecule has 0 fully saturated rings. The topological polar surface area (TPSA) is 101 Å². The molecule has 3 aromatic rings. The molecule has 0 unspecified atom stereocenters. The number of carbonyl (C=O) groups is 2. The smallest absolute Gasteiger partial charge is 0.322 e. The largest absolute Gasteiger partial charge is 0.416 e. The van der Waals surface area contributed by atoms with Crippen molar-refractivity contribution in [3.05, 3.63) is 99.6 Å². The van der Waals surface area contributed by atoms with Crippen LogP contribution in [0.15, 0.2) is 72.8 Å². The molecule has 0 saturated carbocycles. The van der Waals surface area contributed by atoms with Crippen molar-refractivity contribution in [2.45, 2.75) is 6.18 Å². The van der Waals surface area contributed by atoms with Crippen molar-refractivity contribution in [3.8, 4) is 0 Å². The van der Waals surface area contributed by atoms with Crippen LogP contribution in [0.4, 0.5) is 30.2 Å². The van der Waals surface area contributed by atoms with E-state index in [1.165, 1.54) is 60.7 Å². The van der Waals surface area contributed by atoms with Crippen LogP contribution in [0.25, 0.3) is 0 Å². The molecular weight excluding hydrogens is 415 g/mol. The van der Waals surface area contributed by atoms with Crippen LogP contribution in [0.5, 0.6) is 0 Å². The zero-order valence-corrected chi connectivity index (χ0v) is 15.6. The number of hydrogen-bond donors (Lipinski definition) is 2. The first-order valence-corrected chi connectivity index (χ1v) is 8.78. The van der Waals surface area contributed by atoms with E-state index in [1.807, 2.05) is 0 Å². The van der Waals surface area contributed by atoms with Crippen molar-refractivity contribution in [2.75, 3.05) is 10.6 Å². The maximum Gasteiger partial charge on any atom is 0.416 e. The van der Waals surface area contributed by atoms with Gasteiger partial charge in [-0.05, 0) is 48.5 Å². The van der Waals surface area contributed by atoms with E-state index in [1.54, 1.807) is 0 Å². The number of nitrogens with one attached hydrogen (secondary N) is 2. The molecule has 0 aliphatic carbocycles. The van der Waals surface area contributed by atoms with Gasteiger partial charge in [0.25, 0.3) is 17.5 Å². The lowest BCUT2D eigenvalue weighted by Crippen LogP contribution is -2.15. The number of nitro groups is 1. The fraction of sp³-hybridized carbons (Fsp3) is 0.0476. The molecule has 3 aromatic carbocycles. The molecule has 3 rings (SSSR count). The van der Waals surface area contributed by atoms with Crippen LogP contribution >= 0.6 is 0 Å². The van der Waals surface area contributed by atoms with Crippen molar-refractivity contribution in [3.63, 3.8) is 0 Å². The third kappa shape index (κ3) is 5.24. The fourth-order valence-electron chi connectivity index (χ4n) is 2.70. The minimum absolute atomic E-state index is 0.0198. The summed E-state index contributed by atoms with van der Waals surface area (Å²) in [6.45, 7) is 0. The van der Waals surface area contributed by atoms with E-state index in [4.69, 9.17) is 0 Å². The van der Waals surface area contributed by atoms with Crippen LogP contribution in [0.3, 0.4) is 0 Å². The zero-order chi connectivity index (χ0) is 22.6. The number of amides is 2. The number of benzene rings is 3. The third-order valence-electron chi connectivity index (χ3n) is 4.20. The number of carbonyl (C=O) groups excluding carboxylic acids is 2. The van der Waals surface area contributed by atoms with Crippen LogP contribution in [0.1, 0.15) is 26.3 Å². The van der Waals surface area contributed by atoms with E-state index in [9.17, 15) is 32.9 Å². The van der Waals surface area contributed by atoms with Gasteiger partial charge in [0, 0.05) is 23.0 Å². The van der Waals surface area contributed by atoms with Crippen LogP contribution < -0.4 is 10.6 Å². The SMILES string of the molecule is O=C(Nc1cccc(C(F)(F)F)c1)c1ccc(NC(=O)c2ccccc2[N+](=O)[O-])cc1. The number of para-hydroxylation sites is 1. The summed E-state index contributed by atoms with van der Waals surface area (Å²) in [5.74, 6) is -1.34. The Balaban J connectivity index is 1.70.